The van der Waals surface area contributed by atoms with Gasteiger partial charge in [-0.15, -0.1) is 24.8 Å². The van der Waals surface area contributed by atoms with E-state index in [0.717, 1.165) is 67.7 Å². The Morgan fingerprint density at radius 2 is 1.06 bits per heavy atom. The summed E-state index contributed by atoms with van der Waals surface area (Å²) in [5, 5.41) is 3.44. The number of rotatable bonds is 10. The van der Waals surface area contributed by atoms with Crippen LogP contribution in [0.15, 0.2) is 53.3 Å². The van der Waals surface area contributed by atoms with Crippen molar-refractivity contribution in [3.05, 3.63) is 58.9 Å². The van der Waals surface area contributed by atoms with Gasteiger partial charge in [0.05, 0.1) is 5.52 Å². The van der Waals surface area contributed by atoms with E-state index in [1.54, 1.807) is 0 Å². The van der Waals surface area contributed by atoms with Crippen LogP contribution in [-0.4, -0.2) is 58.2 Å². The molecule has 7 heteroatoms. The molecule has 4 rings (SSSR count). The first-order chi connectivity index (χ1) is 15.6. The van der Waals surface area contributed by atoms with Gasteiger partial charge in [0.1, 0.15) is 5.52 Å². The quantitative estimate of drug-likeness (QED) is 0.280. The van der Waals surface area contributed by atoms with E-state index >= 15 is 0 Å². The van der Waals surface area contributed by atoms with Crippen molar-refractivity contribution in [2.75, 3.05) is 39.3 Å². The maximum atomic E-state index is 14.0. The molecule has 5 nitrogen and oxygen atoms in total. The van der Waals surface area contributed by atoms with E-state index in [9.17, 15) is 4.79 Å². The van der Waals surface area contributed by atoms with Crippen molar-refractivity contribution in [2.45, 2.75) is 40.8 Å². The third kappa shape index (κ3) is 5.13. The number of para-hydroxylation sites is 2. The number of pyridine rings is 1. The highest BCUT2D eigenvalue weighted by Crippen LogP contribution is 2.32. The predicted molar refractivity (Wildman–Crippen MR) is 151 cm³/mol. The van der Waals surface area contributed by atoms with Gasteiger partial charge in [0.25, 0.3) is 5.56 Å². The molecule has 34 heavy (non-hydrogen) atoms. The summed E-state index contributed by atoms with van der Waals surface area (Å²) in [5.74, 6) is 0. The second kappa shape index (κ2) is 12.6. The average Bonchev–Trinajstić information content (AvgIpc) is 3.17. The lowest BCUT2D eigenvalue weighted by Crippen LogP contribution is -2.32. The Balaban J connectivity index is 0.00000204. The maximum absolute atomic E-state index is 14.0. The zero-order chi connectivity index (χ0) is 22.7. The Kier molecular flexibility index (Phi) is 10.4. The van der Waals surface area contributed by atoms with Gasteiger partial charge in [0.15, 0.2) is 0 Å². The van der Waals surface area contributed by atoms with Gasteiger partial charge in [-0.2, -0.15) is 0 Å². The summed E-state index contributed by atoms with van der Waals surface area (Å²) in [5.41, 5.74) is 3.15. The second-order valence-electron chi connectivity index (χ2n) is 8.42. The predicted octanol–water partition coefficient (Wildman–Crippen LogP) is 5.64. The highest BCUT2D eigenvalue weighted by molar-refractivity contribution is 6.19. The second-order valence-corrected chi connectivity index (χ2v) is 8.42. The normalized spacial score (nSPS) is 11.5. The minimum Gasteiger partial charge on any atom is -0.335 e. The minimum atomic E-state index is 0. The van der Waals surface area contributed by atoms with Gasteiger partial charge >= 0.3 is 0 Å². The van der Waals surface area contributed by atoms with E-state index in [0.29, 0.717) is 6.54 Å². The fourth-order valence-electron chi connectivity index (χ4n) is 4.97. The summed E-state index contributed by atoms with van der Waals surface area (Å²) in [4.78, 5) is 18.8. The van der Waals surface area contributed by atoms with Crippen molar-refractivity contribution < 1.29 is 0 Å². The van der Waals surface area contributed by atoms with Crippen molar-refractivity contribution in [3.8, 4) is 0 Å². The fourth-order valence-corrected chi connectivity index (χ4v) is 4.97. The van der Waals surface area contributed by atoms with Gasteiger partial charge in [-0.3, -0.25) is 4.79 Å². The van der Waals surface area contributed by atoms with E-state index in [-0.39, 0.29) is 30.4 Å². The van der Waals surface area contributed by atoms with Crippen LogP contribution >= 0.6 is 24.8 Å². The highest BCUT2D eigenvalue weighted by atomic mass is 35.5. The first kappa shape index (κ1) is 28.2. The van der Waals surface area contributed by atoms with Gasteiger partial charge in [-0.1, -0.05) is 64.1 Å². The van der Waals surface area contributed by atoms with E-state index in [2.05, 4.69) is 84.5 Å². The van der Waals surface area contributed by atoms with Crippen LogP contribution in [0.1, 0.15) is 27.7 Å². The third-order valence-corrected chi connectivity index (χ3v) is 6.95. The molecule has 0 atom stereocenters. The Labute approximate surface area is 215 Å². The summed E-state index contributed by atoms with van der Waals surface area (Å²) in [6.07, 6.45) is 0. The molecule has 186 valence electrons. The Morgan fingerprint density at radius 1 is 0.647 bits per heavy atom. The number of hydrogen-bond donors (Lipinski definition) is 0. The topological polar surface area (TPSA) is 33.4 Å². The van der Waals surface area contributed by atoms with Crippen LogP contribution < -0.4 is 5.56 Å². The lowest BCUT2D eigenvalue weighted by molar-refractivity contribution is 0.290. The van der Waals surface area contributed by atoms with Crippen molar-refractivity contribution in [1.82, 2.24) is 18.9 Å². The summed E-state index contributed by atoms with van der Waals surface area (Å²) in [6, 6.07) is 16.9. The largest absolute Gasteiger partial charge is 0.335 e. The zero-order valence-electron chi connectivity index (χ0n) is 20.8. The summed E-state index contributed by atoms with van der Waals surface area (Å²) >= 11 is 0. The standard InChI is InChI=1S/C27H36N4O.2ClH/c1-5-28(6-2)17-19-30-23-15-11-9-13-21(23)25-22-14-10-12-16-24(22)31(27(32)26(25)30)20-18-29(7-3)8-4;;/h9-16H,5-8,17-20H2,1-4H3;2*1H. The molecule has 0 radical (unpaired) electrons. The first-order valence-corrected chi connectivity index (χ1v) is 12.1. The molecule has 0 aliphatic heterocycles. The van der Waals surface area contributed by atoms with E-state index in [4.69, 9.17) is 0 Å². The van der Waals surface area contributed by atoms with Crippen molar-refractivity contribution in [3.63, 3.8) is 0 Å². The SMILES string of the molecule is CCN(CC)CCn1c(=O)c2c(c3ccccc31)c1ccccc1n2CCN(CC)CC.Cl.Cl. The van der Waals surface area contributed by atoms with E-state index in [1.807, 2.05) is 10.6 Å². The van der Waals surface area contributed by atoms with Crippen LogP contribution in [0.3, 0.4) is 0 Å². The van der Waals surface area contributed by atoms with Crippen LogP contribution in [-0.2, 0) is 13.1 Å². The van der Waals surface area contributed by atoms with Gasteiger partial charge in [-0.25, -0.2) is 0 Å². The molecular formula is C27H38Cl2N4O. The van der Waals surface area contributed by atoms with Crippen molar-refractivity contribution >= 4 is 57.5 Å². The Morgan fingerprint density at radius 3 is 1.53 bits per heavy atom. The smallest absolute Gasteiger partial charge is 0.275 e. The molecule has 0 saturated carbocycles. The summed E-state index contributed by atoms with van der Waals surface area (Å²) in [7, 11) is 0. The fraction of sp³-hybridized carbons (Fsp3) is 0.444. The van der Waals surface area contributed by atoms with Gasteiger partial charge in [0, 0.05) is 47.9 Å². The van der Waals surface area contributed by atoms with Gasteiger partial charge in [-0.05, 0) is 38.3 Å². The molecule has 0 spiro atoms. The third-order valence-electron chi connectivity index (χ3n) is 6.95. The van der Waals surface area contributed by atoms with E-state index in [1.165, 1.54) is 10.8 Å². The molecule has 2 heterocycles. The summed E-state index contributed by atoms with van der Waals surface area (Å²) < 4.78 is 4.27. The van der Waals surface area contributed by atoms with Gasteiger partial charge in [0.2, 0.25) is 0 Å². The molecule has 2 aromatic carbocycles. The molecule has 0 unspecified atom stereocenters. The first-order valence-electron chi connectivity index (χ1n) is 12.1. The zero-order valence-corrected chi connectivity index (χ0v) is 22.4. The lowest BCUT2D eigenvalue weighted by Gasteiger charge is -2.21. The van der Waals surface area contributed by atoms with Crippen LogP contribution in [0.5, 0.6) is 0 Å². The molecule has 0 bridgehead atoms. The number of benzene rings is 2. The highest BCUT2D eigenvalue weighted by Gasteiger charge is 2.19. The number of fused-ring (bicyclic) bond motifs is 5. The van der Waals surface area contributed by atoms with Crippen LogP contribution in [0, 0.1) is 0 Å². The van der Waals surface area contributed by atoms with Crippen LogP contribution in [0.2, 0.25) is 0 Å². The molecule has 4 aromatic rings. The van der Waals surface area contributed by atoms with Crippen LogP contribution in [0.25, 0.3) is 32.7 Å². The molecule has 0 aliphatic carbocycles. The number of halogens is 2. The molecule has 2 aromatic heterocycles. The molecule has 0 fully saturated rings. The van der Waals surface area contributed by atoms with E-state index < -0.39 is 0 Å². The molecule has 0 N–H and O–H groups in total. The molecular weight excluding hydrogens is 467 g/mol. The Bertz CT molecular complexity index is 1270. The number of hydrogen-bond acceptors (Lipinski definition) is 3. The number of nitrogens with zero attached hydrogens (tertiary/aromatic N) is 4. The van der Waals surface area contributed by atoms with Crippen molar-refractivity contribution in [1.29, 1.82) is 0 Å². The van der Waals surface area contributed by atoms with Gasteiger partial charge < -0.3 is 18.9 Å². The summed E-state index contributed by atoms with van der Waals surface area (Å²) in [6.45, 7) is 16.1. The number of aromatic nitrogens is 2. The monoisotopic (exact) mass is 504 g/mol. The number of likely N-dealkylation sites (N-methyl/N-ethyl adjacent to an activating group) is 2. The van der Waals surface area contributed by atoms with Crippen LogP contribution in [0.4, 0.5) is 0 Å². The maximum Gasteiger partial charge on any atom is 0.275 e. The molecule has 0 amide bonds. The molecule has 0 aliphatic rings. The Hall–Kier alpha value is -2.05. The lowest BCUT2D eigenvalue weighted by atomic mass is 10.1. The minimum absolute atomic E-state index is 0. The molecule has 0 saturated heterocycles. The van der Waals surface area contributed by atoms with Crippen molar-refractivity contribution in [2.24, 2.45) is 0 Å². The average molecular weight is 506 g/mol.